The Morgan fingerprint density at radius 2 is 1.74 bits per heavy atom. The number of rotatable bonds is 1. The van der Waals surface area contributed by atoms with Gasteiger partial charge in [-0.25, -0.2) is 0 Å². The number of aliphatic hydroxyl groups excluding tert-OH is 1. The van der Waals surface area contributed by atoms with Gasteiger partial charge in [-0.2, -0.15) is 0 Å². The highest BCUT2D eigenvalue weighted by atomic mass is 16.7. The fourth-order valence-electron chi connectivity index (χ4n) is 3.18. The van der Waals surface area contributed by atoms with Gasteiger partial charge in [-0.05, 0) is 12.8 Å². The molecule has 0 bridgehead atoms. The van der Waals surface area contributed by atoms with E-state index in [-0.39, 0.29) is 17.8 Å². The van der Waals surface area contributed by atoms with Crippen LogP contribution < -0.4 is 0 Å². The van der Waals surface area contributed by atoms with Crippen molar-refractivity contribution in [2.24, 2.45) is 5.41 Å². The van der Waals surface area contributed by atoms with Gasteiger partial charge in [0.15, 0.2) is 6.29 Å². The normalized spacial score (nSPS) is 36.1. The summed E-state index contributed by atoms with van der Waals surface area (Å²) in [5, 5.41) is 10.4. The van der Waals surface area contributed by atoms with Crippen molar-refractivity contribution in [2.45, 2.75) is 44.5 Å². The highest BCUT2D eigenvalue weighted by Crippen LogP contribution is 2.41. The first-order valence-electron chi connectivity index (χ1n) is 7.26. The summed E-state index contributed by atoms with van der Waals surface area (Å²) in [6, 6.07) is 10.0. The van der Waals surface area contributed by atoms with Crippen LogP contribution in [0.25, 0.3) is 0 Å². The zero-order valence-corrected chi connectivity index (χ0v) is 11.3. The van der Waals surface area contributed by atoms with Gasteiger partial charge in [-0.15, -0.1) is 0 Å². The van der Waals surface area contributed by atoms with Crippen molar-refractivity contribution < 1.29 is 14.6 Å². The maximum atomic E-state index is 10.4. The van der Waals surface area contributed by atoms with Crippen LogP contribution in [0.3, 0.4) is 0 Å². The van der Waals surface area contributed by atoms with Crippen LogP contribution in [0, 0.1) is 5.41 Å². The van der Waals surface area contributed by atoms with Crippen LogP contribution in [-0.4, -0.2) is 24.4 Å². The molecule has 1 atom stereocenters. The molecule has 3 rings (SSSR count). The molecule has 2 aliphatic rings. The molecule has 104 valence electrons. The molecular formula is C16H22O3. The average molecular weight is 262 g/mol. The summed E-state index contributed by atoms with van der Waals surface area (Å²) in [4.78, 5) is 0. The lowest BCUT2D eigenvalue weighted by molar-refractivity contribution is -0.255. The van der Waals surface area contributed by atoms with E-state index >= 15 is 0 Å². The van der Waals surface area contributed by atoms with Crippen molar-refractivity contribution in [1.29, 1.82) is 0 Å². The predicted molar refractivity (Wildman–Crippen MR) is 72.6 cm³/mol. The Kier molecular flexibility index (Phi) is 3.87. The molecule has 0 radical (unpaired) electrons. The predicted octanol–water partition coefficient (Wildman–Crippen LogP) is 3.04. The van der Waals surface area contributed by atoms with Crippen LogP contribution in [0.15, 0.2) is 30.3 Å². The molecule has 1 aliphatic heterocycles. The highest BCUT2D eigenvalue weighted by Gasteiger charge is 2.43. The standard InChI is InChI=1S/C16H22O3/c17-14-9-5-2-6-10-16(14)11-18-15(19-12-16)13-7-3-1-4-8-13/h1,3-4,7-8,14-15,17H,2,5-6,9-12H2. The van der Waals surface area contributed by atoms with Crippen LogP contribution in [0.2, 0.25) is 0 Å². The second kappa shape index (κ2) is 5.61. The van der Waals surface area contributed by atoms with Gasteiger partial charge in [-0.1, -0.05) is 49.6 Å². The van der Waals surface area contributed by atoms with Gasteiger partial charge in [0.2, 0.25) is 0 Å². The van der Waals surface area contributed by atoms with Gasteiger partial charge in [0, 0.05) is 11.0 Å². The smallest absolute Gasteiger partial charge is 0.183 e. The summed E-state index contributed by atoms with van der Waals surface area (Å²) in [5.41, 5.74) is 0.877. The summed E-state index contributed by atoms with van der Waals surface area (Å²) in [7, 11) is 0. The van der Waals surface area contributed by atoms with Gasteiger partial charge in [0.1, 0.15) is 0 Å². The molecule has 1 saturated heterocycles. The number of hydrogen-bond donors (Lipinski definition) is 1. The van der Waals surface area contributed by atoms with Gasteiger partial charge in [0.25, 0.3) is 0 Å². The molecule has 3 heteroatoms. The molecule has 1 aromatic rings. The summed E-state index contributed by atoms with van der Waals surface area (Å²) >= 11 is 0. The van der Waals surface area contributed by atoms with E-state index < -0.39 is 0 Å². The zero-order valence-electron chi connectivity index (χ0n) is 11.3. The lowest BCUT2D eigenvalue weighted by Gasteiger charge is -2.42. The average Bonchev–Trinajstić information content (AvgIpc) is 2.64. The number of hydrogen-bond acceptors (Lipinski definition) is 3. The van der Waals surface area contributed by atoms with Gasteiger partial charge in [-0.3, -0.25) is 0 Å². The Balaban J connectivity index is 1.68. The minimum absolute atomic E-state index is 0.179. The van der Waals surface area contributed by atoms with Gasteiger partial charge in [0.05, 0.1) is 19.3 Å². The SMILES string of the molecule is OC1CCCCCC12COC(c1ccccc1)OC2. The molecule has 1 saturated carbocycles. The van der Waals surface area contributed by atoms with Gasteiger partial charge >= 0.3 is 0 Å². The number of ether oxygens (including phenoxy) is 2. The van der Waals surface area contributed by atoms with E-state index in [1.54, 1.807) is 0 Å². The van der Waals surface area contributed by atoms with Crippen LogP contribution in [0.4, 0.5) is 0 Å². The molecule has 3 nitrogen and oxygen atoms in total. The quantitative estimate of drug-likeness (QED) is 0.845. The molecular weight excluding hydrogens is 240 g/mol. The first-order chi connectivity index (χ1) is 9.30. The molecule has 1 aliphatic carbocycles. The third kappa shape index (κ3) is 2.69. The second-order valence-corrected chi connectivity index (χ2v) is 5.84. The Morgan fingerprint density at radius 3 is 2.47 bits per heavy atom. The first-order valence-corrected chi connectivity index (χ1v) is 7.26. The summed E-state index contributed by atoms with van der Waals surface area (Å²) in [5.74, 6) is 0. The van der Waals surface area contributed by atoms with E-state index in [2.05, 4.69) is 0 Å². The molecule has 0 amide bonds. The monoisotopic (exact) mass is 262 g/mol. The molecule has 19 heavy (non-hydrogen) atoms. The van der Waals surface area contributed by atoms with Crippen LogP contribution in [-0.2, 0) is 9.47 Å². The minimum Gasteiger partial charge on any atom is -0.392 e. The Labute approximate surface area is 114 Å². The molecule has 1 N–H and O–H groups in total. The highest BCUT2D eigenvalue weighted by molar-refractivity contribution is 5.16. The Bertz CT molecular complexity index is 396. The van der Waals surface area contributed by atoms with E-state index in [0.717, 1.165) is 24.8 Å². The van der Waals surface area contributed by atoms with Crippen molar-refractivity contribution in [3.8, 4) is 0 Å². The number of benzene rings is 1. The van der Waals surface area contributed by atoms with Crippen molar-refractivity contribution >= 4 is 0 Å². The van der Waals surface area contributed by atoms with Crippen molar-refractivity contribution in [2.75, 3.05) is 13.2 Å². The molecule has 0 aromatic heterocycles. The fourth-order valence-corrected chi connectivity index (χ4v) is 3.18. The summed E-state index contributed by atoms with van der Waals surface area (Å²) in [6.07, 6.45) is 4.82. The molecule has 2 fully saturated rings. The largest absolute Gasteiger partial charge is 0.392 e. The third-order valence-electron chi connectivity index (χ3n) is 4.48. The second-order valence-electron chi connectivity index (χ2n) is 5.84. The van der Waals surface area contributed by atoms with E-state index in [0.29, 0.717) is 13.2 Å². The molecule has 1 aromatic carbocycles. The lowest BCUT2D eigenvalue weighted by Crippen LogP contribution is -2.46. The first kappa shape index (κ1) is 13.1. The van der Waals surface area contributed by atoms with Gasteiger partial charge < -0.3 is 14.6 Å². The van der Waals surface area contributed by atoms with E-state index in [9.17, 15) is 5.11 Å². The Hall–Kier alpha value is -0.900. The maximum absolute atomic E-state index is 10.4. The molecule has 1 heterocycles. The maximum Gasteiger partial charge on any atom is 0.183 e. The fraction of sp³-hybridized carbons (Fsp3) is 0.625. The molecule has 1 unspecified atom stereocenters. The van der Waals surface area contributed by atoms with E-state index in [1.165, 1.54) is 12.8 Å². The summed E-state index contributed by atoms with van der Waals surface area (Å²) < 4.78 is 11.8. The van der Waals surface area contributed by atoms with Crippen LogP contribution in [0.1, 0.15) is 44.0 Å². The Morgan fingerprint density at radius 1 is 1.00 bits per heavy atom. The number of aliphatic hydroxyl groups is 1. The van der Waals surface area contributed by atoms with Crippen LogP contribution in [0.5, 0.6) is 0 Å². The van der Waals surface area contributed by atoms with E-state index in [1.807, 2.05) is 30.3 Å². The third-order valence-corrected chi connectivity index (χ3v) is 4.48. The zero-order chi connectivity index (χ0) is 13.1. The lowest BCUT2D eigenvalue weighted by atomic mass is 9.79. The molecule has 1 spiro atoms. The van der Waals surface area contributed by atoms with Crippen LogP contribution >= 0.6 is 0 Å². The minimum atomic E-state index is -0.285. The summed E-state index contributed by atoms with van der Waals surface area (Å²) in [6.45, 7) is 1.21. The van der Waals surface area contributed by atoms with Crippen molar-refractivity contribution in [3.63, 3.8) is 0 Å². The topological polar surface area (TPSA) is 38.7 Å². The van der Waals surface area contributed by atoms with E-state index in [4.69, 9.17) is 9.47 Å². The van der Waals surface area contributed by atoms with Crippen molar-refractivity contribution in [1.82, 2.24) is 0 Å². The van der Waals surface area contributed by atoms with Crippen molar-refractivity contribution in [3.05, 3.63) is 35.9 Å².